The van der Waals surface area contributed by atoms with Crippen LogP contribution in [0.5, 0.6) is 0 Å². The van der Waals surface area contributed by atoms with Crippen LogP contribution < -0.4 is 0 Å². The van der Waals surface area contributed by atoms with Crippen LogP contribution in [0.25, 0.3) is 0 Å². The highest BCUT2D eigenvalue weighted by atomic mass is 32.2. The number of hydrogen-bond acceptors (Lipinski definition) is 3. The second-order valence-electron chi connectivity index (χ2n) is 6.37. The first-order valence-corrected chi connectivity index (χ1v) is 9.61. The molecule has 5 nitrogen and oxygen atoms in total. The lowest BCUT2D eigenvalue weighted by molar-refractivity contribution is -0.186. The number of alkyl halides is 3. The lowest BCUT2D eigenvalue weighted by atomic mass is 10.00. The Hall–Kier alpha value is -1.61. The smallest absolute Gasteiger partial charge is 0.330 e. The maximum atomic E-state index is 12.7. The van der Waals surface area contributed by atoms with Crippen molar-refractivity contribution < 1.29 is 26.4 Å². The average Bonchev–Trinajstić information content (AvgIpc) is 2.60. The Labute approximate surface area is 144 Å². The van der Waals surface area contributed by atoms with Gasteiger partial charge in [0.05, 0.1) is 4.90 Å². The zero-order valence-corrected chi connectivity index (χ0v) is 14.4. The van der Waals surface area contributed by atoms with Crippen LogP contribution in [0.4, 0.5) is 13.2 Å². The monoisotopic (exact) mass is 376 g/mol. The van der Waals surface area contributed by atoms with E-state index in [0.717, 1.165) is 29.7 Å². The molecular formula is C16H19F3N2O3S. The minimum absolute atomic E-state index is 0.0242. The summed E-state index contributed by atoms with van der Waals surface area (Å²) in [6.45, 7) is 0.663. The summed E-state index contributed by atoms with van der Waals surface area (Å²) in [5.74, 6) is -1.89. The Balaban J connectivity index is 1.86. The van der Waals surface area contributed by atoms with Crippen molar-refractivity contribution in [2.75, 3.05) is 19.6 Å². The fourth-order valence-corrected chi connectivity index (χ4v) is 4.87. The van der Waals surface area contributed by atoms with Crippen molar-refractivity contribution in [1.29, 1.82) is 0 Å². The van der Waals surface area contributed by atoms with Crippen molar-refractivity contribution in [3.05, 3.63) is 29.3 Å². The van der Waals surface area contributed by atoms with Gasteiger partial charge in [-0.1, -0.05) is 12.5 Å². The molecule has 0 N–H and O–H groups in total. The molecule has 1 fully saturated rings. The second kappa shape index (κ2) is 6.60. The molecule has 0 atom stereocenters. The molecule has 9 heteroatoms. The van der Waals surface area contributed by atoms with Gasteiger partial charge in [0.15, 0.2) is 0 Å². The Morgan fingerprint density at radius 2 is 1.68 bits per heavy atom. The molecule has 2 aliphatic heterocycles. The summed E-state index contributed by atoms with van der Waals surface area (Å²) in [6, 6.07) is 4.56. The van der Waals surface area contributed by atoms with Gasteiger partial charge in [0.2, 0.25) is 10.0 Å². The van der Waals surface area contributed by atoms with E-state index in [1.165, 1.54) is 16.4 Å². The van der Waals surface area contributed by atoms with Crippen molar-refractivity contribution in [3.8, 4) is 0 Å². The van der Waals surface area contributed by atoms with E-state index in [1.807, 2.05) is 0 Å². The number of hydrogen-bond donors (Lipinski definition) is 0. The standard InChI is InChI=1S/C16H19F3N2O3S/c17-16(18,19)15(22)20-9-6-12-4-5-14(10-13(12)11-20)25(23,24)21-7-2-1-3-8-21/h4-5,10H,1-3,6-9,11H2. The molecule has 0 spiro atoms. The van der Waals surface area contributed by atoms with Gasteiger partial charge in [-0.15, -0.1) is 0 Å². The maximum Gasteiger partial charge on any atom is 0.471 e. The van der Waals surface area contributed by atoms with E-state index in [2.05, 4.69) is 0 Å². The molecule has 0 bridgehead atoms. The molecule has 2 aliphatic rings. The van der Waals surface area contributed by atoms with E-state index >= 15 is 0 Å². The van der Waals surface area contributed by atoms with Gasteiger partial charge in [0, 0.05) is 26.2 Å². The molecule has 138 valence electrons. The number of carbonyl (C=O) groups is 1. The minimum atomic E-state index is -4.92. The Morgan fingerprint density at radius 1 is 1.00 bits per heavy atom. The number of piperidine rings is 1. The highest BCUT2D eigenvalue weighted by Crippen LogP contribution is 2.28. The van der Waals surface area contributed by atoms with Crippen molar-refractivity contribution in [3.63, 3.8) is 0 Å². The number of amides is 1. The van der Waals surface area contributed by atoms with Gasteiger partial charge in [0.25, 0.3) is 0 Å². The highest BCUT2D eigenvalue weighted by molar-refractivity contribution is 7.89. The van der Waals surface area contributed by atoms with Crippen molar-refractivity contribution in [1.82, 2.24) is 9.21 Å². The number of sulfonamides is 1. The normalized spacial score (nSPS) is 19.6. The molecule has 1 amide bonds. The molecule has 1 aromatic carbocycles. The third kappa shape index (κ3) is 3.67. The summed E-state index contributed by atoms with van der Waals surface area (Å²) in [5.41, 5.74) is 1.24. The summed E-state index contributed by atoms with van der Waals surface area (Å²) < 4.78 is 64.7. The molecule has 1 aromatic rings. The summed E-state index contributed by atoms with van der Waals surface area (Å²) in [5, 5.41) is 0. The largest absolute Gasteiger partial charge is 0.471 e. The van der Waals surface area contributed by atoms with E-state index in [-0.39, 0.29) is 24.4 Å². The third-order valence-electron chi connectivity index (χ3n) is 4.67. The number of halogens is 3. The highest BCUT2D eigenvalue weighted by Gasteiger charge is 2.43. The Morgan fingerprint density at radius 3 is 2.32 bits per heavy atom. The Bertz CT molecular complexity index is 771. The fraction of sp³-hybridized carbons (Fsp3) is 0.562. The number of nitrogens with zero attached hydrogens (tertiary/aromatic N) is 2. The van der Waals surface area contributed by atoms with Gasteiger partial charge in [-0.05, 0) is 42.5 Å². The summed E-state index contributed by atoms with van der Waals surface area (Å²) in [6.07, 6.45) is -2.04. The van der Waals surface area contributed by atoms with Crippen LogP contribution in [0, 0.1) is 0 Å². The van der Waals surface area contributed by atoms with Crippen LogP contribution in [0.2, 0.25) is 0 Å². The van der Waals surface area contributed by atoms with Gasteiger partial charge >= 0.3 is 12.1 Å². The molecule has 1 saturated heterocycles. The van der Waals surface area contributed by atoms with E-state index in [4.69, 9.17) is 0 Å². The zero-order valence-electron chi connectivity index (χ0n) is 13.6. The molecule has 0 unspecified atom stereocenters. The van der Waals surface area contributed by atoms with Gasteiger partial charge in [-0.3, -0.25) is 4.79 Å². The molecule has 2 heterocycles. The first kappa shape index (κ1) is 18.2. The molecule has 25 heavy (non-hydrogen) atoms. The molecule has 0 aliphatic carbocycles. The summed E-state index contributed by atoms with van der Waals surface area (Å²) >= 11 is 0. The van der Waals surface area contributed by atoms with E-state index < -0.39 is 22.1 Å². The topological polar surface area (TPSA) is 57.7 Å². The number of fused-ring (bicyclic) bond motifs is 1. The van der Waals surface area contributed by atoms with Gasteiger partial charge in [0.1, 0.15) is 0 Å². The van der Waals surface area contributed by atoms with E-state index in [0.29, 0.717) is 18.7 Å². The maximum absolute atomic E-state index is 12.7. The van der Waals surface area contributed by atoms with Crippen LogP contribution in [0.1, 0.15) is 30.4 Å². The van der Waals surface area contributed by atoms with Gasteiger partial charge in [-0.25, -0.2) is 8.42 Å². The number of benzene rings is 1. The van der Waals surface area contributed by atoms with Gasteiger partial charge in [-0.2, -0.15) is 17.5 Å². The SMILES string of the molecule is O=C(N1CCc2ccc(S(=O)(=O)N3CCCCC3)cc2C1)C(F)(F)F. The van der Waals surface area contributed by atoms with Crippen LogP contribution in [0.15, 0.2) is 23.1 Å². The van der Waals surface area contributed by atoms with Crippen molar-refractivity contribution in [2.45, 2.75) is 43.3 Å². The summed E-state index contributed by atoms with van der Waals surface area (Å²) in [7, 11) is -3.65. The van der Waals surface area contributed by atoms with Gasteiger partial charge < -0.3 is 4.90 Å². The molecule has 0 aromatic heterocycles. The second-order valence-corrected chi connectivity index (χ2v) is 8.31. The third-order valence-corrected chi connectivity index (χ3v) is 6.57. The first-order chi connectivity index (χ1) is 11.7. The molecule has 3 rings (SSSR count). The van der Waals surface area contributed by atoms with Crippen molar-refractivity contribution >= 4 is 15.9 Å². The molecule has 0 radical (unpaired) electrons. The predicted octanol–water partition coefficient (Wildman–Crippen LogP) is 2.31. The average molecular weight is 376 g/mol. The van der Waals surface area contributed by atoms with Crippen LogP contribution in [-0.4, -0.2) is 49.3 Å². The van der Waals surface area contributed by atoms with Crippen molar-refractivity contribution in [2.24, 2.45) is 0 Å². The lowest BCUT2D eigenvalue weighted by Crippen LogP contribution is -2.43. The Kier molecular flexibility index (Phi) is 4.80. The molecule has 0 saturated carbocycles. The zero-order chi connectivity index (χ0) is 18.2. The van der Waals surface area contributed by atoms with Crippen LogP contribution >= 0.6 is 0 Å². The number of carbonyl (C=O) groups excluding carboxylic acids is 1. The van der Waals surface area contributed by atoms with Crippen LogP contribution in [0.3, 0.4) is 0 Å². The lowest BCUT2D eigenvalue weighted by Gasteiger charge is -2.30. The first-order valence-electron chi connectivity index (χ1n) is 8.17. The summed E-state index contributed by atoms with van der Waals surface area (Å²) in [4.78, 5) is 12.2. The van der Waals surface area contributed by atoms with E-state index in [1.54, 1.807) is 6.07 Å². The number of rotatable bonds is 2. The predicted molar refractivity (Wildman–Crippen MR) is 84.2 cm³/mol. The minimum Gasteiger partial charge on any atom is -0.330 e. The molecular weight excluding hydrogens is 357 g/mol. The fourth-order valence-electron chi connectivity index (χ4n) is 3.30. The van der Waals surface area contributed by atoms with E-state index in [9.17, 15) is 26.4 Å². The van der Waals surface area contributed by atoms with Crippen LogP contribution in [-0.2, 0) is 27.8 Å². The quantitative estimate of drug-likeness (QED) is 0.796.